The molecule has 1 heterocycles. The minimum Gasteiger partial charge on any atom is -0.370 e. The van der Waals surface area contributed by atoms with Gasteiger partial charge in [-0.15, -0.1) is 0 Å². The Balaban J connectivity index is 1.97. The average Bonchev–Trinajstić information content (AvgIpc) is 2.61. The van der Waals surface area contributed by atoms with Crippen molar-refractivity contribution < 1.29 is 4.74 Å². The molecule has 88 valence electrons. The highest BCUT2D eigenvalue weighted by Gasteiger charge is 2.43. The van der Waals surface area contributed by atoms with E-state index in [1.54, 1.807) is 0 Å². The third kappa shape index (κ3) is 2.36. The van der Waals surface area contributed by atoms with Gasteiger partial charge in [0.2, 0.25) is 0 Å². The SMILES string of the molecule is CC(C)[C@@H]1CCC[C@]2(CC[C@H](CN)O2)C1. The molecule has 0 aromatic rings. The summed E-state index contributed by atoms with van der Waals surface area (Å²) in [6, 6.07) is 0. The minimum absolute atomic E-state index is 0.219. The molecule has 1 aliphatic carbocycles. The lowest BCUT2D eigenvalue weighted by molar-refractivity contribution is -0.0775. The third-order valence-electron chi connectivity index (χ3n) is 4.39. The van der Waals surface area contributed by atoms with Gasteiger partial charge in [-0.1, -0.05) is 20.3 Å². The molecule has 0 unspecified atom stereocenters. The maximum Gasteiger partial charge on any atom is 0.0705 e. The van der Waals surface area contributed by atoms with Crippen molar-refractivity contribution in [1.29, 1.82) is 0 Å². The van der Waals surface area contributed by atoms with Gasteiger partial charge in [-0.25, -0.2) is 0 Å². The number of ether oxygens (including phenoxy) is 1. The van der Waals surface area contributed by atoms with Crippen LogP contribution in [0, 0.1) is 11.8 Å². The molecule has 2 fully saturated rings. The zero-order valence-corrected chi connectivity index (χ0v) is 10.2. The molecule has 1 saturated heterocycles. The van der Waals surface area contributed by atoms with E-state index in [1.807, 2.05) is 0 Å². The Morgan fingerprint density at radius 1 is 1.33 bits per heavy atom. The van der Waals surface area contributed by atoms with Crippen LogP contribution in [0.3, 0.4) is 0 Å². The van der Waals surface area contributed by atoms with Gasteiger partial charge in [0, 0.05) is 6.54 Å². The summed E-state index contributed by atoms with van der Waals surface area (Å²) in [4.78, 5) is 0. The first-order valence-electron chi connectivity index (χ1n) is 6.53. The zero-order chi connectivity index (χ0) is 10.9. The molecule has 1 spiro atoms. The fourth-order valence-electron chi connectivity index (χ4n) is 3.33. The molecule has 1 saturated carbocycles. The number of hydrogen-bond acceptors (Lipinski definition) is 2. The van der Waals surface area contributed by atoms with Crippen LogP contribution < -0.4 is 5.73 Å². The number of hydrogen-bond donors (Lipinski definition) is 1. The van der Waals surface area contributed by atoms with Gasteiger partial charge in [0.25, 0.3) is 0 Å². The molecule has 0 bridgehead atoms. The van der Waals surface area contributed by atoms with Crippen LogP contribution in [0.25, 0.3) is 0 Å². The quantitative estimate of drug-likeness (QED) is 0.762. The maximum atomic E-state index is 6.19. The van der Waals surface area contributed by atoms with Crippen LogP contribution in [0.5, 0.6) is 0 Å². The standard InChI is InChI=1S/C13H25NO/c1-10(2)11-4-3-6-13(8-11)7-5-12(9-14)15-13/h10-12H,3-9,14H2,1-2H3/t11-,12-,13+/m1/s1. The molecular formula is C13H25NO. The molecular weight excluding hydrogens is 186 g/mol. The summed E-state index contributed by atoms with van der Waals surface area (Å²) in [5.74, 6) is 1.68. The maximum absolute atomic E-state index is 6.19. The molecule has 2 rings (SSSR count). The summed E-state index contributed by atoms with van der Waals surface area (Å²) in [7, 11) is 0. The Kier molecular flexibility index (Phi) is 3.36. The van der Waals surface area contributed by atoms with Gasteiger partial charge in [0.05, 0.1) is 11.7 Å². The molecule has 2 N–H and O–H groups in total. The van der Waals surface area contributed by atoms with Crippen molar-refractivity contribution in [2.24, 2.45) is 17.6 Å². The molecule has 1 aliphatic heterocycles. The van der Waals surface area contributed by atoms with E-state index in [4.69, 9.17) is 10.5 Å². The second-order valence-corrected chi connectivity index (χ2v) is 5.80. The Morgan fingerprint density at radius 2 is 2.13 bits per heavy atom. The number of rotatable bonds is 2. The van der Waals surface area contributed by atoms with Crippen LogP contribution in [0.1, 0.15) is 52.4 Å². The topological polar surface area (TPSA) is 35.2 Å². The monoisotopic (exact) mass is 211 g/mol. The van der Waals surface area contributed by atoms with Crippen LogP contribution in [-0.2, 0) is 4.74 Å². The predicted octanol–water partition coefficient (Wildman–Crippen LogP) is 2.71. The average molecular weight is 211 g/mol. The first kappa shape index (κ1) is 11.4. The molecule has 0 amide bonds. The molecule has 0 aromatic carbocycles. The normalized spacial score (nSPS) is 41.6. The first-order valence-corrected chi connectivity index (χ1v) is 6.53. The number of nitrogens with two attached hydrogens (primary N) is 1. The summed E-state index contributed by atoms with van der Waals surface area (Å²) in [6.45, 7) is 5.40. The lowest BCUT2D eigenvalue weighted by Crippen LogP contribution is -2.38. The van der Waals surface area contributed by atoms with E-state index in [-0.39, 0.29) is 5.60 Å². The zero-order valence-electron chi connectivity index (χ0n) is 10.2. The predicted molar refractivity (Wildman–Crippen MR) is 62.7 cm³/mol. The van der Waals surface area contributed by atoms with Gasteiger partial charge in [-0.05, 0) is 43.9 Å². The van der Waals surface area contributed by atoms with Crippen LogP contribution in [0.2, 0.25) is 0 Å². The van der Waals surface area contributed by atoms with Crippen molar-refractivity contribution in [3.63, 3.8) is 0 Å². The van der Waals surface area contributed by atoms with Gasteiger partial charge in [0.15, 0.2) is 0 Å². The van der Waals surface area contributed by atoms with E-state index in [1.165, 1.54) is 38.5 Å². The largest absolute Gasteiger partial charge is 0.370 e. The van der Waals surface area contributed by atoms with Crippen LogP contribution in [0.4, 0.5) is 0 Å². The van der Waals surface area contributed by atoms with E-state index < -0.39 is 0 Å². The molecule has 3 atom stereocenters. The summed E-state index contributed by atoms with van der Waals surface area (Å²) < 4.78 is 6.19. The fraction of sp³-hybridized carbons (Fsp3) is 1.00. The first-order chi connectivity index (χ1) is 7.15. The lowest BCUT2D eigenvalue weighted by Gasteiger charge is -2.39. The van der Waals surface area contributed by atoms with Gasteiger partial charge >= 0.3 is 0 Å². The molecule has 2 heteroatoms. The summed E-state index contributed by atoms with van der Waals surface area (Å²) in [5, 5.41) is 0. The summed E-state index contributed by atoms with van der Waals surface area (Å²) >= 11 is 0. The van der Waals surface area contributed by atoms with Crippen molar-refractivity contribution in [2.45, 2.75) is 64.1 Å². The van der Waals surface area contributed by atoms with Crippen molar-refractivity contribution in [1.82, 2.24) is 0 Å². The van der Waals surface area contributed by atoms with Crippen molar-refractivity contribution in [2.75, 3.05) is 6.54 Å². The van der Waals surface area contributed by atoms with Crippen LogP contribution in [-0.4, -0.2) is 18.2 Å². The van der Waals surface area contributed by atoms with E-state index in [0.717, 1.165) is 11.8 Å². The third-order valence-corrected chi connectivity index (χ3v) is 4.39. The highest BCUT2D eigenvalue weighted by molar-refractivity contribution is 4.94. The van der Waals surface area contributed by atoms with E-state index >= 15 is 0 Å². The van der Waals surface area contributed by atoms with Gasteiger partial charge in [-0.3, -0.25) is 0 Å². The van der Waals surface area contributed by atoms with Crippen LogP contribution >= 0.6 is 0 Å². The smallest absolute Gasteiger partial charge is 0.0705 e. The molecule has 15 heavy (non-hydrogen) atoms. The highest BCUT2D eigenvalue weighted by Crippen LogP contribution is 2.45. The van der Waals surface area contributed by atoms with E-state index in [9.17, 15) is 0 Å². The van der Waals surface area contributed by atoms with Crippen LogP contribution in [0.15, 0.2) is 0 Å². The Morgan fingerprint density at radius 3 is 2.73 bits per heavy atom. The lowest BCUT2D eigenvalue weighted by atomic mass is 9.72. The van der Waals surface area contributed by atoms with Gasteiger partial charge in [0.1, 0.15) is 0 Å². The Labute approximate surface area is 93.6 Å². The Bertz CT molecular complexity index is 217. The highest BCUT2D eigenvalue weighted by atomic mass is 16.5. The minimum atomic E-state index is 0.219. The van der Waals surface area contributed by atoms with Gasteiger partial charge < -0.3 is 10.5 Å². The fourth-order valence-corrected chi connectivity index (χ4v) is 3.33. The van der Waals surface area contributed by atoms with E-state index in [0.29, 0.717) is 12.6 Å². The van der Waals surface area contributed by atoms with Crippen molar-refractivity contribution in [3.05, 3.63) is 0 Å². The second-order valence-electron chi connectivity index (χ2n) is 5.80. The van der Waals surface area contributed by atoms with Crippen molar-refractivity contribution in [3.8, 4) is 0 Å². The van der Waals surface area contributed by atoms with E-state index in [2.05, 4.69) is 13.8 Å². The summed E-state index contributed by atoms with van der Waals surface area (Å²) in [5.41, 5.74) is 5.91. The molecule has 0 aromatic heterocycles. The second kappa shape index (κ2) is 4.42. The molecule has 0 radical (unpaired) electrons. The molecule has 2 aliphatic rings. The van der Waals surface area contributed by atoms with Crippen molar-refractivity contribution >= 4 is 0 Å². The molecule has 2 nitrogen and oxygen atoms in total. The summed E-state index contributed by atoms with van der Waals surface area (Å²) in [6.07, 6.45) is 8.07. The van der Waals surface area contributed by atoms with Gasteiger partial charge in [-0.2, -0.15) is 0 Å². The Hall–Kier alpha value is -0.0800.